The minimum atomic E-state index is -0.457. The Hall–Kier alpha value is -1.56. The van der Waals surface area contributed by atoms with Crippen molar-refractivity contribution in [1.82, 2.24) is 9.97 Å². The number of pyridine rings is 1. The van der Waals surface area contributed by atoms with Crippen LogP contribution in [0.4, 0.5) is 5.69 Å². The Morgan fingerprint density at radius 3 is 3.08 bits per heavy atom. The molecule has 0 unspecified atom stereocenters. The highest BCUT2D eigenvalue weighted by atomic mass is 32.1. The summed E-state index contributed by atoms with van der Waals surface area (Å²) in [6, 6.07) is 1.49. The SMILES string of the molecule is Cc1nc2ncc([N+](=O)[O-])cc2s1. The van der Waals surface area contributed by atoms with Crippen LogP contribution in [0.3, 0.4) is 0 Å². The maximum atomic E-state index is 10.4. The zero-order valence-corrected chi connectivity index (χ0v) is 7.54. The molecule has 6 heteroatoms. The monoisotopic (exact) mass is 195 g/mol. The fourth-order valence-electron chi connectivity index (χ4n) is 1.02. The first-order valence-corrected chi connectivity index (χ1v) is 4.36. The van der Waals surface area contributed by atoms with Gasteiger partial charge in [-0.15, -0.1) is 11.3 Å². The van der Waals surface area contributed by atoms with Crippen molar-refractivity contribution in [2.75, 3.05) is 0 Å². The van der Waals surface area contributed by atoms with Crippen LogP contribution in [0.25, 0.3) is 10.3 Å². The number of rotatable bonds is 1. The Labute approximate surface area is 77.2 Å². The second kappa shape index (κ2) is 2.74. The molecule has 0 atom stereocenters. The van der Waals surface area contributed by atoms with E-state index in [4.69, 9.17) is 0 Å². The number of aromatic nitrogens is 2. The molecular weight excluding hydrogens is 190 g/mol. The molecule has 0 N–H and O–H groups in total. The Balaban J connectivity index is 2.67. The van der Waals surface area contributed by atoms with Crippen LogP contribution < -0.4 is 0 Å². The lowest BCUT2D eigenvalue weighted by Gasteiger charge is -1.88. The first-order valence-electron chi connectivity index (χ1n) is 3.54. The number of hydrogen-bond donors (Lipinski definition) is 0. The van der Waals surface area contributed by atoms with E-state index in [9.17, 15) is 10.1 Å². The number of nitrogens with zero attached hydrogens (tertiary/aromatic N) is 3. The predicted octanol–water partition coefficient (Wildman–Crippen LogP) is 1.91. The highest BCUT2D eigenvalue weighted by Crippen LogP contribution is 2.23. The van der Waals surface area contributed by atoms with Crippen LogP contribution >= 0.6 is 11.3 Å². The first-order chi connectivity index (χ1) is 6.16. The maximum Gasteiger partial charge on any atom is 0.289 e. The van der Waals surface area contributed by atoms with Crippen molar-refractivity contribution in [3.63, 3.8) is 0 Å². The lowest BCUT2D eigenvalue weighted by Crippen LogP contribution is -1.88. The molecule has 2 rings (SSSR count). The third-order valence-electron chi connectivity index (χ3n) is 1.55. The molecule has 0 fully saturated rings. The molecule has 0 aromatic carbocycles. The van der Waals surface area contributed by atoms with E-state index < -0.39 is 4.92 Å². The van der Waals surface area contributed by atoms with Gasteiger partial charge in [0.2, 0.25) is 0 Å². The van der Waals surface area contributed by atoms with E-state index in [0.717, 1.165) is 9.71 Å². The van der Waals surface area contributed by atoms with E-state index in [1.165, 1.54) is 23.6 Å². The van der Waals surface area contributed by atoms with Crippen LogP contribution in [0.5, 0.6) is 0 Å². The summed E-state index contributed by atoms with van der Waals surface area (Å²) in [6.07, 6.45) is 1.22. The zero-order chi connectivity index (χ0) is 9.42. The highest BCUT2D eigenvalue weighted by molar-refractivity contribution is 7.18. The summed E-state index contributed by atoms with van der Waals surface area (Å²) in [5, 5.41) is 11.3. The fourth-order valence-corrected chi connectivity index (χ4v) is 1.84. The summed E-state index contributed by atoms with van der Waals surface area (Å²) < 4.78 is 0.756. The second-order valence-corrected chi connectivity index (χ2v) is 3.74. The van der Waals surface area contributed by atoms with E-state index in [0.29, 0.717) is 5.65 Å². The van der Waals surface area contributed by atoms with Gasteiger partial charge in [-0.25, -0.2) is 9.97 Å². The van der Waals surface area contributed by atoms with Crippen molar-refractivity contribution >= 4 is 27.4 Å². The molecule has 66 valence electrons. The fraction of sp³-hybridized carbons (Fsp3) is 0.143. The molecule has 2 heterocycles. The number of fused-ring (bicyclic) bond motifs is 1. The average molecular weight is 195 g/mol. The number of thiazole rings is 1. The summed E-state index contributed by atoms with van der Waals surface area (Å²) in [5.74, 6) is 0. The first kappa shape index (κ1) is 8.06. The molecule has 0 radical (unpaired) electrons. The van der Waals surface area contributed by atoms with E-state index in [-0.39, 0.29) is 5.69 Å². The van der Waals surface area contributed by atoms with Gasteiger partial charge in [-0.2, -0.15) is 0 Å². The quantitative estimate of drug-likeness (QED) is 0.514. The van der Waals surface area contributed by atoms with Gasteiger partial charge in [0, 0.05) is 6.07 Å². The summed E-state index contributed by atoms with van der Waals surface area (Å²) >= 11 is 1.41. The predicted molar refractivity (Wildman–Crippen MR) is 48.8 cm³/mol. The molecule has 0 aliphatic rings. The van der Waals surface area contributed by atoms with E-state index >= 15 is 0 Å². The van der Waals surface area contributed by atoms with Crippen LogP contribution in [0.15, 0.2) is 12.3 Å². The van der Waals surface area contributed by atoms with Crippen LogP contribution in [0, 0.1) is 17.0 Å². The minimum Gasteiger partial charge on any atom is -0.258 e. The third kappa shape index (κ3) is 1.35. The van der Waals surface area contributed by atoms with Gasteiger partial charge in [0.1, 0.15) is 6.20 Å². The molecule has 0 aliphatic carbocycles. The lowest BCUT2D eigenvalue weighted by molar-refractivity contribution is -0.385. The van der Waals surface area contributed by atoms with Crippen molar-refractivity contribution in [2.45, 2.75) is 6.92 Å². The molecular formula is C7H5N3O2S. The molecule has 2 aromatic rings. The highest BCUT2D eigenvalue weighted by Gasteiger charge is 2.09. The van der Waals surface area contributed by atoms with Crippen molar-refractivity contribution in [3.05, 3.63) is 27.4 Å². The lowest BCUT2D eigenvalue weighted by atomic mass is 10.4. The topological polar surface area (TPSA) is 68.9 Å². The summed E-state index contributed by atoms with van der Waals surface area (Å²) in [4.78, 5) is 17.9. The molecule has 13 heavy (non-hydrogen) atoms. The normalized spacial score (nSPS) is 10.5. The van der Waals surface area contributed by atoms with Gasteiger partial charge in [0.15, 0.2) is 5.65 Å². The van der Waals surface area contributed by atoms with Gasteiger partial charge >= 0.3 is 0 Å². The third-order valence-corrected chi connectivity index (χ3v) is 2.46. The van der Waals surface area contributed by atoms with Crippen molar-refractivity contribution in [2.24, 2.45) is 0 Å². The maximum absolute atomic E-state index is 10.4. The standard InChI is InChI=1S/C7H5N3O2S/c1-4-9-7-6(13-4)2-5(3-8-7)10(11)12/h2-3H,1H3. The van der Waals surface area contributed by atoms with Crippen LogP contribution in [0.1, 0.15) is 5.01 Å². The smallest absolute Gasteiger partial charge is 0.258 e. The van der Waals surface area contributed by atoms with Gasteiger partial charge in [-0.3, -0.25) is 10.1 Å². The molecule has 0 saturated carbocycles. The van der Waals surface area contributed by atoms with Crippen LogP contribution in [-0.2, 0) is 0 Å². The second-order valence-electron chi connectivity index (χ2n) is 2.51. The minimum absolute atomic E-state index is 0.0103. The summed E-state index contributed by atoms with van der Waals surface area (Å²) in [5.41, 5.74) is 0.587. The van der Waals surface area contributed by atoms with E-state index in [1.54, 1.807) is 0 Å². The van der Waals surface area contributed by atoms with E-state index in [2.05, 4.69) is 9.97 Å². The molecule has 0 bridgehead atoms. The summed E-state index contributed by atoms with van der Waals surface area (Å²) in [7, 11) is 0. The van der Waals surface area contributed by atoms with Crippen LogP contribution in [-0.4, -0.2) is 14.9 Å². The average Bonchev–Trinajstić information content (AvgIpc) is 2.42. The largest absolute Gasteiger partial charge is 0.289 e. The van der Waals surface area contributed by atoms with Crippen LogP contribution in [0.2, 0.25) is 0 Å². The Bertz CT molecular complexity index is 480. The van der Waals surface area contributed by atoms with Crippen molar-refractivity contribution in [1.29, 1.82) is 0 Å². The Morgan fingerprint density at radius 1 is 1.62 bits per heavy atom. The van der Waals surface area contributed by atoms with Crippen molar-refractivity contribution in [3.8, 4) is 0 Å². The van der Waals surface area contributed by atoms with E-state index in [1.807, 2.05) is 6.92 Å². The van der Waals surface area contributed by atoms with Gasteiger partial charge < -0.3 is 0 Å². The molecule has 2 aromatic heterocycles. The number of nitro groups is 1. The summed E-state index contributed by atoms with van der Waals surface area (Å²) in [6.45, 7) is 1.85. The molecule has 0 spiro atoms. The molecule has 5 nitrogen and oxygen atoms in total. The van der Waals surface area contributed by atoms with Crippen molar-refractivity contribution < 1.29 is 4.92 Å². The van der Waals surface area contributed by atoms with Gasteiger partial charge in [0.25, 0.3) is 5.69 Å². The molecule has 0 aliphatic heterocycles. The Morgan fingerprint density at radius 2 is 2.38 bits per heavy atom. The number of hydrogen-bond acceptors (Lipinski definition) is 5. The molecule has 0 saturated heterocycles. The number of aryl methyl sites for hydroxylation is 1. The molecule has 0 amide bonds. The van der Waals surface area contributed by atoms with Gasteiger partial charge in [-0.1, -0.05) is 0 Å². The van der Waals surface area contributed by atoms with Gasteiger partial charge in [0.05, 0.1) is 14.6 Å². The van der Waals surface area contributed by atoms with Gasteiger partial charge in [-0.05, 0) is 6.92 Å². The Kier molecular flexibility index (Phi) is 1.70. The zero-order valence-electron chi connectivity index (χ0n) is 6.72.